The second-order valence-corrected chi connectivity index (χ2v) is 9.55. The summed E-state index contributed by atoms with van der Waals surface area (Å²) in [6.07, 6.45) is 3.41. The molecule has 2 aromatic heterocycles. The number of hydrogen-bond acceptors (Lipinski definition) is 6. The summed E-state index contributed by atoms with van der Waals surface area (Å²) in [5.41, 5.74) is 4.01. The molecule has 1 amide bonds. The molecule has 8 heteroatoms. The zero-order valence-electron chi connectivity index (χ0n) is 20.7. The van der Waals surface area contributed by atoms with Gasteiger partial charge in [0.1, 0.15) is 16.6 Å². The quantitative estimate of drug-likeness (QED) is 0.188. The maximum Gasteiger partial charge on any atom is 0.341 e. The summed E-state index contributed by atoms with van der Waals surface area (Å²) in [5.74, 6) is -1.12. The van der Waals surface area contributed by atoms with Crippen LogP contribution in [0, 0.1) is 36.5 Å². The van der Waals surface area contributed by atoms with E-state index < -0.39 is 11.9 Å². The molecule has 0 aliphatic heterocycles. The molecule has 7 nitrogen and oxygen atoms in total. The highest BCUT2D eigenvalue weighted by Crippen LogP contribution is 2.33. The highest BCUT2D eigenvalue weighted by molar-refractivity contribution is 7.16. The lowest BCUT2D eigenvalue weighted by atomic mass is 10.1. The second kappa shape index (κ2) is 10.9. The van der Waals surface area contributed by atoms with E-state index in [0.717, 1.165) is 26.9 Å². The normalized spacial score (nSPS) is 11.1. The van der Waals surface area contributed by atoms with Crippen LogP contribution in [0.2, 0.25) is 0 Å². The molecule has 0 saturated carbocycles. The number of carbonyl (C=O) groups is 2. The third kappa shape index (κ3) is 5.16. The van der Waals surface area contributed by atoms with Crippen molar-refractivity contribution in [3.63, 3.8) is 0 Å². The summed E-state index contributed by atoms with van der Waals surface area (Å²) in [6.45, 7) is 6.05. The molecule has 1 N–H and O–H groups in total. The number of nitrogens with zero attached hydrogens (tertiary/aromatic N) is 3. The number of anilines is 1. The van der Waals surface area contributed by atoms with Crippen LogP contribution in [0.1, 0.15) is 44.4 Å². The zero-order valence-corrected chi connectivity index (χ0v) is 21.5. The molecule has 2 aromatic carbocycles. The van der Waals surface area contributed by atoms with Gasteiger partial charge in [-0.2, -0.15) is 10.5 Å². The molecule has 4 aromatic rings. The molecule has 184 valence electrons. The lowest BCUT2D eigenvalue weighted by molar-refractivity contribution is -0.112. The second-order valence-electron chi connectivity index (χ2n) is 8.33. The van der Waals surface area contributed by atoms with Crippen molar-refractivity contribution >= 4 is 45.2 Å². The number of aryl methyl sites for hydroxylation is 1. The van der Waals surface area contributed by atoms with E-state index in [1.54, 1.807) is 26.0 Å². The number of carbonyl (C=O) groups excluding carboxylic acids is 2. The van der Waals surface area contributed by atoms with Crippen LogP contribution >= 0.6 is 11.3 Å². The largest absolute Gasteiger partial charge is 0.462 e. The summed E-state index contributed by atoms with van der Waals surface area (Å²) >= 11 is 1.27. The van der Waals surface area contributed by atoms with Gasteiger partial charge in [0.05, 0.1) is 23.8 Å². The summed E-state index contributed by atoms with van der Waals surface area (Å²) in [6, 6.07) is 19.3. The van der Waals surface area contributed by atoms with Crippen LogP contribution < -0.4 is 5.32 Å². The van der Waals surface area contributed by atoms with Gasteiger partial charge in [-0.05, 0) is 50.1 Å². The van der Waals surface area contributed by atoms with Gasteiger partial charge in [-0.3, -0.25) is 4.79 Å². The number of fused-ring (bicyclic) bond motifs is 1. The lowest BCUT2D eigenvalue weighted by Gasteiger charge is -2.07. The Kier molecular flexibility index (Phi) is 7.52. The average Bonchev–Trinajstić information content (AvgIpc) is 3.38. The summed E-state index contributed by atoms with van der Waals surface area (Å²) in [7, 11) is 0. The molecule has 2 heterocycles. The summed E-state index contributed by atoms with van der Waals surface area (Å²) < 4.78 is 7.15. The molecule has 0 spiro atoms. The van der Waals surface area contributed by atoms with Crippen LogP contribution in [0.4, 0.5) is 5.00 Å². The number of esters is 1. The standard InChI is InChI=1S/C29H24N4O3S/c1-4-36-29(35)26-18(2)19(3)37-28(26)32-27(34)22(15-31)13-23-17-33(25-12-8-7-11-24(23)25)16-21-10-6-5-9-20(21)14-30/h5-13,17H,4,16H2,1-3H3,(H,32,34). The fourth-order valence-corrected chi connectivity index (χ4v) is 5.15. The third-order valence-electron chi connectivity index (χ3n) is 6.05. The monoisotopic (exact) mass is 508 g/mol. The number of amides is 1. The minimum absolute atomic E-state index is 0.0983. The van der Waals surface area contributed by atoms with Crippen LogP contribution in [0.3, 0.4) is 0 Å². The smallest absolute Gasteiger partial charge is 0.341 e. The number of para-hydroxylation sites is 1. The number of nitriles is 2. The molecular formula is C29H24N4O3S. The van der Waals surface area contributed by atoms with E-state index in [0.29, 0.717) is 28.2 Å². The number of aromatic nitrogens is 1. The van der Waals surface area contributed by atoms with Crippen LogP contribution in [0.15, 0.2) is 60.3 Å². The van der Waals surface area contributed by atoms with Gasteiger partial charge in [-0.15, -0.1) is 11.3 Å². The molecule has 0 saturated heterocycles. The Morgan fingerprint density at radius 2 is 1.84 bits per heavy atom. The number of nitrogens with one attached hydrogen (secondary N) is 1. The Balaban J connectivity index is 1.70. The van der Waals surface area contributed by atoms with E-state index in [-0.39, 0.29) is 12.2 Å². The number of hydrogen-bond donors (Lipinski definition) is 1. The van der Waals surface area contributed by atoms with Crippen molar-refractivity contribution in [1.82, 2.24) is 4.57 Å². The van der Waals surface area contributed by atoms with Crippen LogP contribution in [0.25, 0.3) is 17.0 Å². The Morgan fingerprint density at radius 3 is 2.57 bits per heavy atom. The number of ether oxygens (including phenoxy) is 1. The molecular weight excluding hydrogens is 484 g/mol. The minimum atomic E-state index is -0.610. The van der Waals surface area contributed by atoms with Crippen molar-refractivity contribution in [2.75, 3.05) is 11.9 Å². The predicted molar refractivity (Wildman–Crippen MR) is 144 cm³/mol. The van der Waals surface area contributed by atoms with Gasteiger partial charge in [0.15, 0.2) is 0 Å². The van der Waals surface area contributed by atoms with Gasteiger partial charge in [0.2, 0.25) is 0 Å². The van der Waals surface area contributed by atoms with Crippen molar-refractivity contribution in [3.05, 3.63) is 93.0 Å². The zero-order chi connectivity index (χ0) is 26.5. The Labute approximate surface area is 218 Å². The van der Waals surface area contributed by atoms with E-state index in [2.05, 4.69) is 11.4 Å². The molecule has 0 bridgehead atoms. The molecule has 0 fully saturated rings. The molecule has 37 heavy (non-hydrogen) atoms. The highest BCUT2D eigenvalue weighted by Gasteiger charge is 2.23. The van der Waals surface area contributed by atoms with E-state index in [9.17, 15) is 20.1 Å². The first kappa shape index (κ1) is 25.4. The molecule has 4 rings (SSSR count). The van der Waals surface area contributed by atoms with Gasteiger partial charge in [0, 0.05) is 34.1 Å². The van der Waals surface area contributed by atoms with Gasteiger partial charge < -0.3 is 14.6 Å². The average molecular weight is 509 g/mol. The van der Waals surface area contributed by atoms with E-state index in [1.165, 1.54) is 11.3 Å². The lowest BCUT2D eigenvalue weighted by Crippen LogP contribution is -2.16. The first-order valence-electron chi connectivity index (χ1n) is 11.6. The van der Waals surface area contributed by atoms with Crippen LogP contribution in [0.5, 0.6) is 0 Å². The van der Waals surface area contributed by atoms with E-state index in [1.807, 2.05) is 66.2 Å². The van der Waals surface area contributed by atoms with Crippen molar-refractivity contribution in [3.8, 4) is 12.1 Å². The molecule has 0 unspecified atom stereocenters. The molecule has 0 aliphatic carbocycles. The van der Waals surface area contributed by atoms with Gasteiger partial charge in [-0.25, -0.2) is 4.79 Å². The van der Waals surface area contributed by atoms with E-state index >= 15 is 0 Å². The van der Waals surface area contributed by atoms with Crippen LogP contribution in [-0.4, -0.2) is 23.1 Å². The van der Waals surface area contributed by atoms with Crippen molar-refractivity contribution in [2.24, 2.45) is 0 Å². The fraction of sp³-hybridized carbons (Fsp3) is 0.172. The first-order chi connectivity index (χ1) is 17.9. The molecule has 0 atom stereocenters. The maximum absolute atomic E-state index is 13.1. The van der Waals surface area contributed by atoms with Gasteiger partial charge in [0.25, 0.3) is 5.91 Å². The Hall–Kier alpha value is -4.66. The van der Waals surface area contributed by atoms with Crippen molar-refractivity contribution in [1.29, 1.82) is 10.5 Å². The van der Waals surface area contributed by atoms with Gasteiger partial charge >= 0.3 is 5.97 Å². The minimum Gasteiger partial charge on any atom is -0.462 e. The van der Waals surface area contributed by atoms with Crippen LogP contribution in [-0.2, 0) is 16.1 Å². The third-order valence-corrected chi connectivity index (χ3v) is 7.18. The molecule has 0 radical (unpaired) electrons. The van der Waals surface area contributed by atoms with E-state index in [4.69, 9.17) is 4.74 Å². The Bertz CT molecular complexity index is 1630. The summed E-state index contributed by atoms with van der Waals surface area (Å²) in [4.78, 5) is 26.5. The number of thiophene rings is 1. The Morgan fingerprint density at radius 1 is 1.11 bits per heavy atom. The number of rotatable bonds is 7. The summed E-state index contributed by atoms with van der Waals surface area (Å²) in [5, 5.41) is 23.3. The molecule has 0 aliphatic rings. The SMILES string of the molecule is CCOC(=O)c1c(NC(=O)C(C#N)=Cc2cn(Cc3ccccc3C#N)c3ccccc23)sc(C)c1C. The fourth-order valence-electron chi connectivity index (χ4n) is 4.11. The predicted octanol–water partition coefficient (Wildman–Crippen LogP) is 5.96. The number of benzene rings is 2. The van der Waals surface area contributed by atoms with Crippen molar-refractivity contribution in [2.45, 2.75) is 27.3 Å². The first-order valence-corrected chi connectivity index (χ1v) is 12.5. The van der Waals surface area contributed by atoms with Gasteiger partial charge in [-0.1, -0.05) is 36.4 Å². The highest BCUT2D eigenvalue weighted by atomic mass is 32.1. The maximum atomic E-state index is 13.1. The van der Waals surface area contributed by atoms with Crippen molar-refractivity contribution < 1.29 is 14.3 Å². The topological polar surface area (TPSA) is 108 Å².